The maximum absolute atomic E-state index is 13.0. The number of alkyl halides is 1. The molecule has 1 nitrogen and oxygen atoms in total. The van der Waals surface area contributed by atoms with Crippen LogP contribution in [0, 0.1) is 0 Å². The number of hydrogen-bond donors (Lipinski definition) is 0. The predicted octanol–water partition coefficient (Wildman–Crippen LogP) is 2.25. The third kappa shape index (κ3) is 1.16. The van der Waals surface area contributed by atoms with Crippen LogP contribution in [0.25, 0.3) is 0 Å². The number of rotatable bonds is 0. The Kier molecular flexibility index (Phi) is 2.00. The summed E-state index contributed by atoms with van der Waals surface area (Å²) in [5, 5.41) is 0.443. The standard InChI is InChI=1S/C7H9ClFN/c1-5-3-4-6(8)10(2)7(5)9/h3-4,7H,1-2H3. The maximum Gasteiger partial charge on any atom is 0.194 e. The van der Waals surface area contributed by atoms with Crippen molar-refractivity contribution in [3.63, 3.8) is 0 Å². The van der Waals surface area contributed by atoms with Crippen molar-refractivity contribution >= 4 is 11.6 Å². The molecule has 0 aromatic heterocycles. The van der Waals surface area contributed by atoms with Gasteiger partial charge in [-0.05, 0) is 18.6 Å². The Labute approximate surface area is 64.8 Å². The van der Waals surface area contributed by atoms with Crippen molar-refractivity contribution < 1.29 is 4.39 Å². The molecule has 1 aliphatic heterocycles. The first kappa shape index (κ1) is 7.61. The molecule has 0 aromatic carbocycles. The van der Waals surface area contributed by atoms with Crippen LogP contribution in [0.15, 0.2) is 22.9 Å². The van der Waals surface area contributed by atoms with Crippen LogP contribution in [0.4, 0.5) is 4.39 Å². The van der Waals surface area contributed by atoms with Crippen LogP contribution in [-0.2, 0) is 0 Å². The molecule has 1 heterocycles. The first-order chi connectivity index (χ1) is 4.63. The van der Waals surface area contributed by atoms with Crippen LogP contribution in [0.3, 0.4) is 0 Å². The molecule has 1 unspecified atom stereocenters. The molecule has 0 fully saturated rings. The molecular formula is C7H9ClFN. The molecule has 1 atom stereocenters. The molecular weight excluding hydrogens is 153 g/mol. The van der Waals surface area contributed by atoms with Crippen molar-refractivity contribution in [2.24, 2.45) is 0 Å². The van der Waals surface area contributed by atoms with Crippen LogP contribution in [0.2, 0.25) is 0 Å². The summed E-state index contributed by atoms with van der Waals surface area (Å²) in [7, 11) is 1.62. The molecule has 10 heavy (non-hydrogen) atoms. The molecule has 0 saturated carbocycles. The second kappa shape index (κ2) is 2.62. The van der Waals surface area contributed by atoms with Crippen molar-refractivity contribution in [2.75, 3.05) is 7.05 Å². The number of halogens is 2. The monoisotopic (exact) mass is 161 g/mol. The van der Waals surface area contributed by atoms with Crippen molar-refractivity contribution in [1.82, 2.24) is 4.90 Å². The summed E-state index contributed by atoms with van der Waals surface area (Å²) in [6.07, 6.45) is 2.32. The van der Waals surface area contributed by atoms with Gasteiger partial charge in [0.05, 0.1) is 0 Å². The Hall–Kier alpha value is -0.500. The molecule has 1 rings (SSSR count). The summed E-state index contributed by atoms with van der Waals surface area (Å²) in [6, 6.07) is 0. The second-order valence-corrected chi connectivity index (χ2v) is 2.73. The van der Waals surface area contributed by atoms with Crippen LogP contribution in [0.1, 0.15) is 6.92 Å². The SMILES string of the molecule is CC1=CC=C(Cl)N(C)C1F. The molecule has 0 amide bonds. The average Bonchev–Trinajstić information content (AvgIpc) is 1.93. The zero-order chi connectivity index (χ0) is 7.72. The highest BCUT2D eigenvalue weighted by Crippen LogP contribution is 2.22. The molecule has 0 N–H and O–H groups in total. The van der Waals surface area contributed by atoms with Gasteiger partial charge in [0.2, 0.25) is 0 Å². The highest BCUT2D eigenvalue weighted by atomic mass is 35.5. The lowest BCUT2D eigenvalue weighted by Crippen LogP contribution is -2.28. The minimum absolute atomic E-state index is 0.443. The first-order valence-corrected chi connectivity index (χ1v) is 3.41. The summed E-state index contributed by atoms with van der Waals surface area (Å²) in [4.78, 5) is 1.39. The Morgan fingerprint density at radius 2 is 2.20 bits per heavy atom. The third-order valence-electron chi connectivity index (χ3n) is 1.54. The van der Waals surface area contributed by atoms with Gasteiger partial charge in [0.15, 0.2) is 6.30 Å². The normalized spacial score (nSPS) is 26.0. The second-order valence-electron chi connectivity index (χ2n) is 2.35. The lowest BCUT2D eigenvalue weighted by Gasteiger charge is -2.25. The first-order valence-electron chi connectivity index (χ1n) is 3.04. The van der Waals surface area contributed by atoms with Crippen LogP contribution >= 0.6 is 11.6 Å². The highest BCUT2D eigenvalue weighted by molar-refractivity contribution is 6.29. The smallest absolute Gasteiger partial charge is 0.194 e. The van der Waals surface area contributed by atoms with Gasteiger partial charge in [-0.25, -0.2) is 4.39 Å². The topological polar surface area (TPSA) is 3.24 Å². The molecule has 0 radical (unpaired) electrons. The summed E-state index contributed by atoms with van der Waals surface area (Å²) >= 11 is 5.63. The van der Waals surface area contributed by atoms with E-state index in [1.54, 1.807) is 26.1 Å². The van der Waals surface area contributed by atoms with Crippen LogP contribution in [-0.4, -0.2) is 18.2 Å². The summed E-state index contributed by atoms with van der Waals surface area (Å²) < 4.78 is 13.0. The quantitative estimate of drug-likeness (QED) is 0.493. The molecule has 0 bridgehead atoms. The molecule has 56 valence electrons. The fraction of sp³-hybridized carbons (Fsp3) is 0.429. The largest absolute Gasteiger partial charge is 0.332 e. The van der Waals surface area contributed by atoms with E-state index in [0.29, 0.717) is 10.7 Å². The fourth-order valence-corrected chi connectivity index (χ4v) is 0.960. The Morgan fingerprint density at radius 3 is 2.70 bits per heavy atom. The van der Waals surface area contributed by atoms with Gasteiger partial charge in [-0.1, -0.05) is 17.7 Å². The van der Waals surface area contributed by atoms with E-state index in [1.807, 2.05) is 0 Å². The zero-order valence-electron chi connectivity index (χ0n) is 5.94. The van der Waals surface area contributed by atoms with E-state index in [9.17, 15) is 4.39 Å². The Bertz CT molecular complexity index is 176. The predicted molar refractivity (Wildman–Crippen MR) is 40.4 cm³/mol. The van der Waals surface area contributed by atoms with Crippen molar-refractivity contribution in [3.8, 4) is 0 Å². The molecule has 0 aliphatic carbocycles. The number of likely N-dealkylation sites (N-methyl/N-ethyl adjacent to an activating group) is 1. The summed E-state index contributed by atoms with van der Waals surface area (Å²) in [5.41, 5.74) is 0.687. The van der Waals surface area contributed by atoms with E-state index in [0.717, 1.165) is 0 Å². The van der Waals surface area contributed by atoms with Gasteiger partial charge < -0.3 is 4.90 Å². The highest BCUT2D eigenvalue weighted by Gasteiger charge is 2.18. The van der Waals surface area contributed by atoms with Gasteiger partial charge in [0.25, 0.3) is 0 Å². The summed E-state index contributed by atoms with van der Waals surface area (Å²) in [5.74, 6) is 0. The van der Waals surface area contributed by atoms with E-state index < -0.39 is 6.30 Å². The minimum Gasteiger partial charge on any atom is -0.332 e. The lowest BCUT2D eigenvalue weighted by molar-refractivity contribution is 0.188. The average molecular weight is 162 g/mol. The molecule has 1 aliphatic rings. The van der Waals surface area contributed by atoms with Gasteiger partial charge in [-0.3, -0.25) is 0 Å². The Morgan fingerprint density at radius 1 is 1.60 bits per heavy atom. The fourth-order valence-electron chi connectivity index (χ4n) is 0.811. The minimum atomic E-state index is -1.06. The molecule has 0 saturated heterocycles. The Balaban J connectivity index is 2.86. The molecule has 0 spiro atoms. The number of allylic oxidation sites excluding steroid dienone is 2. The number of hydrogen-bond acceptors (Lipinski definition) is 1. The van der Waals surface area contributed by atoms with E-state index in [-0.39, 0.29) is 0 Å². The zero-order valence-corrected chi connectivity index (χ0v) is 6.69. The van der Waals surface area contributed by atoms with Gasteiger partial charge in [0, 0.05) is 7.05 Å². The van der Waals surface area contributed by atoms with Crippen molar-refractivity contribution in [2.45, 2.75) is 13.2 Å². The van der Waals surface area contributed by atoms with Crippen LogP contribution < -0.4 is 0 Å². The third-order valence-corrected chi connectivity index (χ3v) is 1.93. The van der Waals surface area contributed by atoms with Gasteiger partial charge in [0.1, 0.15) is 5.16 Å². The number of nitrogens with zero attached hydrogens (tertiary/aromatic N) is 1. The molecule has 3 heteroatoms. The lowest BCUT2D eigenvalue weighted by atomic mass is 10.2. The van der Waals surface area contributed by atoms with E-state index in [2.05, 4.69) is 0 Å². The van der Waals surface area contributed by atoms with Crippen LogP contribution in [0.5, 0.6) is 0 Å². The molecule has 0 aromatic rings. The van der Waals surface area contributed by atoms with Gasteiger partial charge >= 0.3 is 0 Å². The van der Waals surface area contributed by atoms with E-state index >= 15 is 0 Å². The van der Waals surface area contributed by atoms with Crippen molar-refractivity contribution in [3.05, 3.63) is 22.9 Å². The van der Waals surface area contributed by atoms with E-state index in [1.165, 1.54) is 4.90 Å². The van der Waals surface area contributed by atoms with Crippen molar-refractivity contribution in [1.29, 1.82) is 0 Å². The van der Waals surface area contributed by atoms with E-state index in [4.69, 9.17) is 11.6 Å². The van der Waals surface area contributed by atoms with Gasteiger partial charge in [-0.15, -0.1) is 0 Å². The van der Waals surface area contributed by atoms with Gasteiger partial charge in [-0.2, -0.15) is 0 Å². The summed E-state index contributed by atoms with van der Waals surface area (Å²) in [6.45, 7) is 1.74. The maximum atomic E-state index is 13.0.